The molecule has 2 amide bonds. The predicted octanol–water partition coefficient (Wildman–Crippen LogP) is 3.77. The van der Waals surface area contributed by atoms with Crippen LogP contribution in [0.25, 0.3) is 0 Å². The zero-order valence-electron chi connectivity index (χ0n) is 13.3. The van der Waals surface area contributed by atoms with Crippen molar-refractivity contribution in [3.8, 4) is 0 Å². The summed E-state index contributed by atoms with van der Waals surface area (Å²) in [7, 11) is 1.91. The lowest BCUT2D eigenvalue weighted by atomic mass is 9.88. The zero-order valence-corrected chi connectivity index (χ0v) is 14.9. The molecule has 1 aromatic rings. The summed E-state index contributed by atoms with van der Waals surface area (Å²) in [6, 6.07) is 5.57. The summed E-state index contributed by atoms with van der Waals surface area (Å²) in [6.07, 6.45) is -0.302. The fourth-order valence-corrected chi connectivity index (χ4v) is 3.76. The van der Waals surface area contributed by atoms with Crippen molar-refractivity contribution in [2.45, 2.75) is 39.3 Å². The van der Waals surface area contributed by atoms with Crippen LogP contribution in [0.4, 0.5) is 10.5 Å². The summed E-state index contributed by atoms with van der Waals surface area (Å²) >= 11 is 3.46. The van der Waals surface area contributed by atoms with E-state index in [0.29, 0.717) is 13.0 Å². The largest absolute Gasteiger partial charge is 0.465 e. The third-order valence-electron chi connectivity index (χ3n) is 4.91. The van der Waals surface area contributed by atoms with E-state index in [0.717, 1.165) is 15.7 Å². The number of quaternary nitrogens is 1. The summed E-state index contributed by atoms with van der Waals surface area (Å²) < 4.78 is 1.10. The fourth-order valence-electron chi connectivity index (χ4n) is 3.38. The molecule has 0 aliphatic carbocycles. The second-order valence-corrected chi connectivity index (χ2v) is 6.88. The quantitative estimate of drug-likeness (QED) is 0.807. The molecule has 1 N–H and O–H groups in total. The van der Waals surface area contributed by atoms with Gasteiger partial charge in [-0.25, -0.2) is 14.1 Å². The van der Waals surface area contributed by atoms with Gasteiger partial charge in [0.15, 0.2) is 0 Å². The Bertz CT molecular complexity index is 619. The van der Waals surface area contributed by atoms with Gasteiger partial charge in [0.25, 0.3) is 0 Å². The average molecular weight is 370 g/mol. The highest BCUT2D eigenvalue weighted by Gasteiger charge is 2.47. The summed E-state index contributed by atoms with van der Waals surface area (Å²) in [5.74, 6) is 0.0629. The van der Waals surface area contributed by atoms with Gasteiger partial charge in [-0.2, -0.15) is 0 Å². The lowest BCUT2D eigenvalue weighted by Crippen LogP contribution is -2.59. The van der Waals surface area contributed by atoms with Crippen molar-refractivity contribution in [3.05, 3.63) is 28.2 Å². The van der Waals surface area contributed by atoms with E-state index in [1.54, 1.807) is 6.92 Å². The van der Waals surface area contributed by atoms with Crippen LogP contribution in [-0.2, 0) is 4.79 Å². The molecular weight excluding hydrogens is 348 g/mol. The van der Waals surface area contributed by atoms with Crippen LogP contribution in [0, 0.1) is 0 Å². The van der Waals surface area contributed by atoms with E-state index in [4.69, 9.17) is 0 Å². The highest BCUT2D eigenvalue weighted by atomic mass is 79.9. The van der Waals surface area contributed by atoms with Crippen molar-refractivity contribution < 1.29 is 14.7 Å². The fraction of sp³-hybridized carbons (Fsp3) is 0.500. The number of fused-ring (bicyclic) bond motifs is 1. The second-order valence-electron chi connectivity index (χ2n) is 5.97. The third-order valence-corrected chi connectivity index (χ3v) is 5.40. The third kappa shape index (κ3) is 2.54. The molecule has 3 atom stereocenters. The number of hydrogen-bond acceptors (Lipinski definition) is 2. The van der Waals surface area contributed by atoms with E-state index < -0.39 is 6.09 Å². The van der Waals surface area contributed by atoms with Crippen LogP contribution in [0.2, 0.25) is 0 Å². The van der Waals surface area contributed by atoms with Crippen LogP contribution in [0.5, 0.6) is 0 Å². The number of carbonyl (C=O) groups excluding carboxylic acids is 1. The molecule has 1 heterocycles. The molecule has 0 radical (unpaired) electrons. The van der Waals surface area contributed by atoms with Gasteiger partial charge in [0.05, 0.1) is 26.1 Å². The van der Waals surface area contributed by atoms with Crippen LogP contribution < -0.4 is 4.48 Å². The van der Waals surface area contributed by atoms with Gasteiger partial charge in [0.1, 0.15) is 5.69 Å². The van der Waals surface area contributed by atoms with Gasteiger partial charge in [-0.15, -0.1) is 0 Å². The van der Waals surface area contributed by atoms with Gasteiger partial charge < -0.3 is 10.0 Å². The Morgan fingerprint density at radius 2 is 2.09 bits per heavy atom. The number of rotatable bonds is 2. The van der Waals surface area contributed by atoms with Crippen LogP contribution in [0.1, 0.15) is 38.8 Å². The Hall–Kier alpha value is -1.40. The molecule has 1 aromatic carbocycles. The van der Waals surface area contributed by atoms with E-state index in [-0.39, 0.29) is 22.5 Å². The SMILES string of the molecule is CCN(C(=O)O)[C@@H]1C[C@H](C)[N+](C)(C(C)=O)c2ccc(Br)cc21. The molecule has 0 fully saturated rings. The number of hydrogen-bond donors (Lipinski definition) is 1. The van der Waals surface area contributed by atoms with Gasteiger partial charge in [-0.3, -0.25) is 0 Å². The Morgan fingerprint density at radius 3 is 2.59 bits per heavy atom. The average Bonchev–Trinajstić information content (AvgIpc) is 2.44. The van der Waals surface area contributed by atoms with Crippen molar-refractivity contribution in [1.29, 1.82) is 0 Å². The number of amides is 2. The predicted molar refractivity (Wildman–Crippen MR) is 89.8 cm³/mol. The first-order valence-electron chi connectivity index (χ1n) is 7.40. The molecule has 0 bridgehead atoms. The molecule has 120 valence electrons. The Kier molecular flexibility index (Phi) is 4.63. The molecule has 0 aromatic heterocycles. The van der Waals surface area contributed by atoms with Crippen molar-refractivity contribution in [2.24, 2.45) is 0 Å². The van der Waals surface area contributed by atoms with E-state index in [2.05, 4.69) is 15.9 Å². The van der Waals surface area contributed by atoms with Crippen molar-refractivity contribution in [1.82, 2.24) is 9.38 Å². The maximum atomic E-state index is 12.3. The lowest BCUT2D eigenvalue weighted by molar-refractivity contribution is -0.129. The summed E-state index contributed by atoms with van der Waals surface area (Å²) in [6.45, 7) is 5.86. The molecule has 6 heteroatoms. The molecule has 0 spiro atoms. The number of benzene rings is 1. The summed E-state index contributed by atoms with van der Waals surface area (Å²) in [5.41, 5.74) is 1.80. The number of carbonyl (C=O) groups is 2. The van der Waals surface area contributed by atoms with Crippen LogP contribution >= 0.6 is 15.9 Å². The summed E-state index contributed by atoms with van der Waals surface area (Å²) in [5, 5.41) is 9.49. The topological polar surface area (TPSA) is 57.6 Å². The first kappa shape index (κ1) is 17.0. The molecule has 2 rings (SSSR count). The molecule has 0 saturated carbocycles. The van der Waals surface area contributed by atoms with Crippen LogP contribution in [0.3, 0.4) is 0 Å². The van der Waals surface area contributed by atoms with Gasteiger partial charge in [0, 0.05) is 29.1 Å². The van der Waals surface area contributed by atoms with Crippen molar-refractivity contribution in [3.63, 3.8) is 0 Å². The lowest BCUT2D eigenvalue weighted by Gasteiger charge is -2.45. The molecule has 0 saturated heterocycles. The van der Waals surface area contributed by atoms with Gasteiger partial charge in [0.2, 0.25) is 0 Å². The van der Waals surface area contributed by atoms with Crippen LogP contribution in [0.15, 0.2) is 22.7 Å². The van der Waals surface area contributed by atoms with E-state index >= 15 is 0 Å². The van der Waals surface area contributed by atoms with Gasteiger partial charge >= 0.3 is 12.0 Å². The number of nitrogens with zero attached hydrogens (tertiary/aromatic N) is 2. The van der Waals surface area contributed by atoms with Crippen molar-refractivity contribution >= 4 is 33.6 Å². The van der Waals surface area contributed by atoms with Crippen LogP contribution in [-0.4, -0.2) is 41.6 Å². The minimum absolute atomic E-state index is 0.0181. The molecule has 22 heavy (non-hydrogen) atoms. The minimum atomic E-state index is -0.926. The monoisotopic (exact) mass is 369 g/mol. The maximum absolute atomic E-state index is 12.3. The van der Waals surface area contributed by atoms with E-state index in [1.807, 2.05) is 39.1 Å². The first-order chi connectivity index (χ1) is 10.2. The maximum Gasteiger partial charge on any atom is 0.407 e. The Balaban J connectivity index is 2.66. The first-order valence-corrected chi connectivity index (χ1v) is 8.19. The Labute approximate surface area is 139 Å². The Morgan fingerprint density at radius 1 is 1.45 bits per heavy atom. The van der Waals surface area contributed by atoms with Gasteiger partial charge in [-0.05, 0) is 26.0 Å². The highest BCUT2D eigenvalue weighted by Crippen LogP contribution is 2.45. The second kappa shape index (κ2) is 6.01. The number of halogens is 1. The molecule has 1 unspecified atom stereocenters. The van der Waals surface area contributed by atoms with E-state index in [1.165, 1.54) is 4.90 Å². The number of carboxylic acid groups (broad SMARTS) is 1. The molecule has 1 aliphatic heterocycles. The molecular formula is C16H22BrN2O3+. The smallest absolute Gasteiger partial charge is 0.407 e. The van der Waals surface area contributed by atoms with Gasteiger partial charge in [-0.1, -0.05) is 15.9 Å². The summed E-state index contributed by atoms with van der Waals surface area (Å²) in [4.78, 5) is 25.3. The van der Waals surface area contributed by atoms with Crippen molar-refractivity contribution in [2.75, 3.05) is 13.6 Å². The standard InChI is InChI=1S/C16H21BrN2O3/c1-5-18(16(21)22)14-8-10(2)19(4,11(3)20)15-7-6-12(17)9-13(14)15/h6-7,9-10,14H,5,8H2,1-4H3/p+1/t10-,14+,19?/m0/s1. The molecule has 1 aliphatic rings. The molecule has 5 nitrogen and oxygen atoms in total. The zero-order chi connectivity index (χ0) is 16.7. The normalized spacial score (nSPS) is 27.1. The highest BCUT2D eigenvalue weighted by molar-refractivity contribution is 9.10. The van der Waals surface area contributed by atoms with E-state index in [9.17, 15) is 14.7 Å². The minimum Gasteiger partial charge on any atom is -0.465 e.